The number of rotatable bonds is 2. The summed E-state index contributed by atoms with van der Waals surface area (Å²) in [5.74, 6) is 0.831. The summed E-state index contributed by atoms with van der Waals surface area (Å²) in [5.41, 5.74) is 5.46. The Labute approximate surface area is 116 Å². The highest BCUT2D eigenvalue weighted by atomic mass is 16.3. The number of nitrogens with two attached hydrogens (primary N) is 1. The lowest BCUT2D eigenvalue weighted by Crippen LogP contribution is -2.38. The van der Waals surface area contributed by atoms with Gasteiger partial charge in [0.05, 0.1) is 6.10 Å². The summed E-state index contributed by atoms with van der Waals surface area (Å²) in [6.45, 7) is 3.57. The van der Waals surface area contributed by atoms with Crippen LogP contribution in [0.4, 0.5) is 11.5 Å². The minimum absolute atomic E-state index is 0.204. The molecule has 3 unspecified atom stereocenters. The standard InChI is InChI=1S/C13H20N4O3/c1-2-17-11(14)10(12(19)15-13(17)20)16-5-7-3-4-9(18)8(7)6-16/h7-9,18H,2-6,14H2,1H3,(H,15,19,20). The molecule has 2 aliphatic rings. The minimum atomic E-state index is -0.474. The Hall–Kier alpha value is -1.76. The van der Waals surface area contributed by atoms with Crippen molar-refractivity contribution in [2.45, 2.75) is 32.4 Å². The molecule has 2 fully saturated rings. The molecular formula is C13H20N4O3. The van der Waals surface area contributed by atoms with Crippen LogP contribution in [0.25, 0.3) is 0 Å². The lowest BCUT2D eigenvalue weighted by Gasteiger charge is -2.22. The first-order valence-electron chi connectivity index (χ1n) is 7.08. The van der Waals surface area contributed by atoms with E-state index in [0.717, 1.165) is 19.4 Å². The van der Waals surface area contributed by atoms with Crippen molar-refractivity contribution < 1.29 is 5.11 Å². The normalized spacial score (nSPS) is 28.9. The Bertz CT molecular complexity index is 635. The number of nitrogens with zero attached hydrogens (tertiary/aromatic N) is 2. The molecule has 0 radical (unpaired) electrons. The molecule has 0 spiro atoms. The van der Waals surface area contributed by atoms with E-state index in [1.165, 1.54) is 4.57 Å². The summed E-state index contributed by atoms with van der Waals surface area (Å²) in [6, 6.07) is 0. The van der Waals surface area contributed by atoms with E-state index in [-0.39, 0.29) is 17.8 Å². The average molecular weight is 280 g/mol. The van der Waals surface area contributed by atoms with Gasteiger partial charge in [-0.15, -0.1) is 0 Å². The van der Waals surface area contributed by atoms with Crippen LogP contribution < -0.4 is 21.9 Å². The molecule has 0 aromatic carbocycles. The summed E-state index contributed by atoms with van der Waals surface area (Å²) in [5, 5.41) is 9.95. The van der Waals surface area contributed by atoms with Crippen molar-refractivity contribution in [3.05, 3.63) is 20.8 Å². The second kappa shape index (κ2) is 4.66. The zero-order valence-corrected chi connectivity index (χ0v) is 11.5. The number of nitrogens with one attached hydrogen (secondary N) is 1. The molecule has 7 nitrogen and oxygen atoms in total. The molecule has 1 saturated carbocycles. The van der Waals surface area contributed by atoms with E-state index < -0.39 is 11.2 Å². The summed E-state index contributed by atoms with van der Waals surface area (Å²) >= 11 is 0. The molecule has 20 heavy (non-hydrogen) atoms. The lowest BCUT2D eigenvalue weighted by atomic mass is 10.00. The average Bonchev–Trinajstić information content (AvgIpc) is 2.92. The van der Waals surface area contributed by atoms with Gasteiger partial charge in [0.2, 0.25) is 0 Å². The van der Waals surface area contributed by atoms with Crippen molar-refractivity contribution in [1.29, 1.82) is 0 Å². The Morgan fingerprint density at radius 2 is 2.10 bits per heavy atom. The molecule has 0 bridgehead atoms. The van der Waals surface area contributed by atoms with Gasteiger partial charge in [0.25, 0.3) is 5.56 Å². The van der Waals surface area contributed by atoms with Crippen LogP contribution in [0, 0.1) is 11.8 Å². The summed E-state index contributed by atoms with van der Waals surface area (Å²) < 4.78 is 1.36. The number of aromatic amines is 1. The van der Waals surface area contributed by atoms with Crippen molar-refractivity contribution in [3.63, 3.8) is 0 Å². The van der Waals surface area contributed by atoms with Gasteiger partial charge >= 0.3 is 5.69 Å². The van der Waals surface area contributed by atoms with Crippen LogP contribution in [0.3, 0.4) is 0 Å². The van der Waals surface area contributed by atoms with E-state index in [2.05, 4.69) is 4.98 Å². The maximum atomic E-state index is 12.1. The smallest absolute Gasteiger partial charge is 0.330 e. The molecule has 110 valence electrons. The van der Waals surface area contributed by atoms with E-state index in [0.29, 0.717) is 24.7 Å². The number of aliphatic hydroxyl groups is 1. The third kappa shape index (κ3) is 1.84. The van der Waals surface area contributed by atoms with E-state index in [1.54, 1.807) is 0 Å². The highest BCUT2D eigenvalue weighted by Gasteiger charge is 2.43. The van der Waals surface area contributed by atoms with E-state index in [4.69, 9.17) is 5.73 Å². The fourth-order valence-electron chi connectivity index (χ4n) is 3.62. The molecule has 2 heterocycles. The predicted molar refractivity (Wildman–Crippen MR) is 75.8 cm³/mol. The van der Waals surface area contributed by atoms with Crippen LogP contribution in [0.15, 0.2) is 9.59 Å². The van der Waals surface area contributed by atoms with Crippen LogP contribution in [0.1, 0.15) is 19.8 Å². The molecule has 1 aromatic rings. The Morgan fingerprint density at radius 1 is 1.35 bits per heavy atom. The van der Waals surface area contributed by atoms with Gasteiger partial charge in [-0.2, -0.15) is 0 Å². The molecule has 4 N–H and O–H groups in total. The lowest BCUT2D eigenvalue weighted by molar-refractivity contribution is 0.133. The number of fused-ring (bicyclic) bond motifs is 1. The Balaban J connectivity index is 2.00. The zero-order chi connectivity index (χ0) is 14.4. The Morgan fingerprint density at radius 3 is 2.75 bits per heavy atom. The van der Waals surface area contributed by atoms with Crippen LogP contribution in [-0.4, -0.2) is 33.9 Å². The molecule has 1 saturated heterocycles. The predicted octanol–water partition coefficient (Wildman–Crippen LogP) is -0.654. The van der Waals surface area contributed by atoms with Crippen molar-refractivity contribution in [2.75, 3.05) is 23.7 Å². The number of hydrogen-bond acceptors (Lipinski definition) is 5. The minimum Gasteiger partial charge on any atom is -0.393 e. The molecule has 1 aliphatic heterocycles. The van der Waals surface area contributed by atoms with Crippen LogP contribution >= 0.6 is 0 Å². The molecule has 1 aromatic heterocycles. The second-order valence-electron chi connectivity index (χ2n) is 5.71. The largest absolute Gasteiger partial charge is 0.393 e. The summed E-state index contributed by atoms with van der Waals surface area (Å²) in [4.78, 5) is 28.0. The number of hydrogen-bond donors (Lipinski definition) is 3. The number of H-pyrrole nitrogens is 1. The van der Waals surface area contributed by atoms with Crippen molar-refractivity contribution in [2.24, 2.45) is 11.8 Å². The molecule has 7 heteroatoms. The van der Waals surface area contributed by atoms with Gasteiger partial charge in [0.15, 0.2) is 0 Å². The third-order valence-electron chi connectivity index (χ3n) is 4.67. The number of aliphatic hydroxyl groups excluding tert-OH is 1. The van der Waals surface area contributed by atoms with Crippen LogP contribution in [0.2, 0.25) is 0 Å². The third-order valence-corrected chi connectivity index (χ3v) is 4.67. The topological polar surface area (TPSA) is 104 Å². The molecular weight excluding hydrogens is 260 g/mol. The second-order valence-corrected chi connectivity index (χ2v) is 5.71. The highest BCUT2D eigenvalue weighted by molar-refractivity contribution is 5.63. The first-order valence-corrected chi connectivity index (χ1v) is 7.08. The van der Waals surface area contributed by atoms with Crippen LogP contribution in [0.5, 0.6) is 0 Å². The van der Waals surface area contributed by atoms with Crippen molar-refractivity contribution >= 4 is 11.5 Å². The highest BCUT2D eigenvalue weighted by Crippen LogP contribution is 2.39. The van der Waals surface area contributed by atoms with Crippen LogP contribution in [-0.2, 0) is 6.54 Å². The van der Waals surface area contributed by atoms with Gasteiger partial charge in [0.1, 0.15) is 11.5 Å². The SMILES string of the molecule is CCn1c(N)c(N2CC3CCC(O)C3C2)c(=O)[nH]c1=O. The monoisotopic (exact) mass is 280 g/mol. The fourth-order valence-corrected chi connectivity index (χ4v) is 3.62. The van der Waals surface area contributed by atoms with Gasteiger partial charge in [-0.3, -0.25) is 14.3 Å². The quantitative estimate of drug-likeness (QED) is 0.667. The van der Waals surface area contributed by atoms with Gasteiger partial charge in [-0.1, -0.05) is 0 Å². The van der Waals surface area contributed by atoms with Gasteiger partial charge < -0.3 is 15.7 Å². The maximum absolute atomic E-state index is 12.1. The summed E-state index contributed by atoms with van der Waals surface area (Å²) in [7, 11) is 0. The Kier molecular flexibility index (Phi) is 3.08. The number of aromatic nitrogens is 2. The first kappa shape index (κ1) is 13.2. The molecule has 3 atom stereocenters. The molecule has 3 rings (SSSR count). The van der Waals surface area contributed by atoms with Gasteiger partial charge in [-0.05, 0) is 25.7 Å². The van der Waals surface area contributed by atoms with E-state index in [9.17, 15) is 14.7 Å². The zero-order valence-electron chi connectivity index (χ0n) is 11.5. The van der Waals surface area contributed by atoms with Gasteiger partial charge in [-0.25, -0.2) is 4.79 Å². The van der Waals surface area contributed by atoms with Gasteiger partial charge in [0, 0.05) is 25.6 Å². The maximum Gasteiger partial charge on any atom is 0.330 e. The fraction of sp³-hybridized carbons (Fsp3) is 0.692. The van der Waals surface area contributed by atoms with E-state index >= 15 is 0 Å². The molecule has 0 amide bonds. The van der Waals surface area contributed by atoms with Crippen molar-refractivity contribution in [3.8, 4) is 0 Å². The van der Waals surface area contributed by atoms with E-state index in [1.807, 2.05) is 11.8 Å². The number of anilines is 2. The number of nitrogen functional groups attached to an aromatic ring is 1. The summed E-state index contributed by atoms with van der Waals surface area (Å²) in [6.07, 6.45) is 1.53. The van der Waals surface area contributed by atoms with Crippen molar-refractivity contribution in [1.82, 2.24) is 9.55 Å². The first-order chi connectivity index (χ1) is 9.52. The molecule has 1 aliphatic carbocycles.